The Morgan fingerprint density at radius 2 is 1.89 bits per heavy atom. The average molecular weight is 498 g/mol. The van der Waals surface area contributed by atoms with Crippen LogP contribution in [0.15, 0.2) is 22.7 Å². The molecule has 35 heavy (non-hydrogen) atoms. The Morgan fingerprint density at radius 1 is 1.20 bits per heavy atom. The molecule has 0 atom stereocenters. The number of hydrogen-bond donors (Lipinski definition) is 3. The van der Waals surface area contributed by atoms with Crippen molar-refractivity contribution in [1.29, 1.82) is 0 Å². The van der Waals surface area contributed by atoms with E-state index in [2.05, 4.69) is 26.3 Å². The van der Waals surface area contributed by atoms with Crippen LogP contribution in [0.25, 0.3) is 0 Å². The summed E-state index contributed by atoms with van der Waals surface area (Å²) in [6, 6.07) is 1.91. The summed E-state index contributed by atoms with van der Waals surface area (Å²) >= 11 is 0. The van der Waals surface area contributed by atoms with Crippen LogP contribution in [0.5, 0.6) is 0 Å². The third-order valence-corrected chi connectivity index (χ3v) is 5.69. The summed E-state index contributed by atoms with van der Waals surface area (Å²) in [4.78, 5) is 38.5. The Kier molecular flexibility index (Phi) is 7.92. The molecule has 14 heteroatoms. The molecule has 1 fully saturated rings. The smallest absolute Gasteiger partial charge is 0.343 e. The number of anilines is 1. The van der Waals surface area contributed by atoms with Crippen LogP contribution in [-0.4, -0.2) is 26.9 Å². The molecule has 1 aliphatic carbocycles. The molecule has 0 radical (unpaired) electrons. The number of halogens is 3. The highest BCUT2D eigenvalue weighted by atomic mass is 19.4. The Balaban J connectivity index is 1.61. The lowest BCUT2D eigenvalue weighted by Crippen LogP contribution is -2.45. The Bertz CT molecular complexity index is 1080. The molecular weight excluding hydrogens is 473 g/mol. The monoisotopic (exact) mass is 498 g/mol. The van der Waals surface area contributed by atoms with E-state index in [1.807, 2.05) is 0 Å². The Labute approximate surface area is 198 Å². The van der Waals surface area contributed by atoms with E-state index in [1.165, 1.54) is 6.92 Å². The van der Waals surface area contributed by atoms with Crippen molar-refractivity contribution in [3.8, 4) is 0 Å². The molecule has 0 aliphatic heterocycles. The largest absolute Gasteiger partial charge is 0.416 e. The molecule has 1 heterocycles. The molecule has 0 spiro atoms. The van der Waals surface area contributed by atoms with E-state index in [4.69, 9.17) is 4.52 Å². The van der Waals surface area contributed by atoms with Crippen LogP contribution in [0.4, 0.5) is 24.5 Å². The van der Waals surface area contributed by atoms with Gasteiger partial charge in [0, 0.05) is 25.8 Å². The lowest BCUT2D eigenvalue weighted by Gasteiger charge is -2.30. The second-order valence-electron chi connectivity index (χ2n) is 8.35. The van der Waals surface area contributed by atoms with Gasteiger partial charge in [-0.15, -0.1) is 0 Å². The minimum Gasteiger partial charge on any atom is -0.343 e. The van der Waals surface area contributed by atoms with Crippen LogP contribution >= 0.6 is 0 Å². The van der Waals surface area contributed by atoms with Gasteiger partial charge in [0.25, 0.3) is 5.69 Å². The first kappa shape index (κ1) is 25.9. The van der Waals surface area contributed by atoms with Crippen molar-refractivity contribution in [3.05, 3.63) is 45.6 Å². The van der Waals surface area contributed by atoms with Gasteiger partial charge in [0.1, 0.15) is 11.2 Å². The number of hydrazine groups is 1. The molecule has 3 N–H and O–H groups in total. The van der Waals surface area contributed by atoms with Gasteiger partial charge in [-0.05, 0) is 25.0 Å². The number of aromatic nitrogens is 2. The van der Waals surface area contributed by atoms with Gasteiger partial charge in [-0.2, -0.15) is 18.2 Å². The molecule has 2 aromatic rings. The number of carbonyl (C=O) groups excluding carboxylic acids is 2. The van der Waals surface area contributed by atoms with Crippen molar-refractivity contribution in [2.24, 2.45) is 0 Å². The van der Waals surface area contributed by atoms with E-state index >= 15 is 0 Å². The highest BCUT2D eigenvalue weighted by Gasteiger charge is 2.38. The lowest BCUT2D eigenvalue weighted by atomic mass is 9.89. The van der Waals surface area contributed by atoms with Crippen molar-refractivity contribution in [2.75, 3.05) is 5.43 Å². The standard InChI is InChI=1S/C21H25F3N6O5/c1-13(31)26-20(10-4-2-3-5-11-20)19-25-18(35-29-19)9-8-17(32)28-27-15-7-6-14(21(22,23)24)12-16(15)30(33)34/h6-7,12,27H,2-5,8-11H2,1H3,(H,26,31)(H,28,32). The molecule has 1 aromatic heterocycles. The molecule has 11 nitrogen and oxygen atoms in total. The van der Waals surface area contributed by atoms with E-state index in [9.17, 15) is 32.9 Å². The molecule has 1 saturated carbocycles. The van der Waals surface area contributed by atoms with E-state index in [-0.39, 0.29) is 30.3 Å². The van der Waals surface area contributed by atoms with Crippen molar-refractivity contribution in [3.63, 3.8) is 0 Å². The molecule has 1 aromatic carbocycles. The number of amides is 2. The van der Waals surface area contributed by atoms with Crippen LogP contribution in [-0.2, 0) is 27.7 Å². The number of nitrogens with one attached hydrogen (secondary N) is 3. The molecule has 2 amide bonds. The van der Waals surface area contributed by atoms with E-state index in [1.54, 1.807) is 0 Å². The highest BCUT2D eigenvalue weighted by molar-refractivity contribution is 5.78. The zero-order chi connectivity index (χ0) is 25.6. The number of alkyl halides is 3. The van der Waals surface area contributed by atoms with Crippen LogP contribution in [0.3, 0.4) is 0 Å². The summed E-state index contributed by atoms with van der Waals surface area (Å²) in [6.07, 6.45) is 0.367. The van der Waals surface area contributed by atoms with Crippen LogP contribution in [0.1, 0.15) is 69.1 Å². The molecule has 0 bridgehead atoms. The summed E-state index contributed by atoms with van der Waals surface area (Å²) < 4.78 is 43.7. The second kappa shape index (κ2) is 10.7. The Morgan fingerprint density at radius 3 is 2.49 bits per heavy atom. The van der Waals surface area contributed by atoms with Gasteiger partial charge < -0.3 is 9.84 Å². The zero-order valence-electron chi connectivity index (χ0n) is 18.9. The highest BCUT2D eigenvalue weighted by Crippen LogP contribution is 2.35. The quantitative estimate of drug-likeness (QED) is 0.283. The maximum Gasteiger partial charge on any atom is 0.416 e. The first-order chi connectivity index (χ1) is 16.5. The summed E-state index contributed by atoms with van der Waals surface area (Å²) in [5.74, 6) is -0.292. The van der Waals surface area contributed by atoms with Gasteiger partial charge in [0.15, 0.2) is 5.82 Å². The van der Waals surface area contributed by atoms with Gasteiger partial charge in [-0.1, -0.05) is 30.8 Å². The van der Waals surface area contributed by atoms with Crippen molar-refractivity contribution >= 4 is 23.2 Å². The minimum atomic E-state index is -4.75. The van der Waals surface area contributed by atoms with Crippen LogP contribution in [0, 0.1) is 10.1 Å². The van der Waals surface area contributed by atoms with Crippen LogP contribution in [0.2, 0.25) is 0 Å². The van der Waals surface area contributed by atoms with Gasteiger partial charge in [0.05, 0.1) is 10.5 Å². The number of benzene rings is 1. The fourth-order valence-electron chi connectivity index (χ4n) is 4.01. The van der Waals surface area contributed by atoms with Gasteiger partial charge in [0.2, 0.25) is 17.7 Å². The first-order valence-corrected chi connectivity index (χ1v) is 11.0. The van der Waals surface area contributed by atoms with Crippen molar-refractivity contribution < 1.29 is 32.2 Å². The van der Waals surface area contributed by atoms with Gasteiger partial charge in [-0.25, -0.2) is 0 Å². The normalized spacial score (nSPS) is 15.7. The molecule has 190 valence electrons. The number of nitro benzene ring substituents is 1. The van der Waals surface area contributed by atoms with Crippen molar-refractivity contribution in [1.82, 2.24) is 20.9 Å². The summed E-state index contributed by atoms with van der Waals surface area (Å²) in [5, 5.41) is 18.1. The van der Waals surface area contributed by atoms with E-state index in [0.717, 1.165) is 31.7 Å². The predicted molar refractivity (Wildman–Crippen MR) is 116 cm³/mol. The van der Waals surface area contributed by atoms with Crippen molar-refractivity contribution in [2.45, 2.75) is 70.0 Å². The minimum absolute atomic E-state index is 0.0474. The van der Waals surface area contributed by atoms with E-state index in [0.29, 0.717) is 30.8 Å². The van der Waals surface area contributed by atoms with E-state index < -0.39 is 33.8 Å². The van der Waals surface area contributed by atoms with Crippen LogP contribution < -0.4 is 16.2 Å². The lowest BCUT2D eigenvalue weighted by molar-refractivity contribution is -0.384. The predicted octanol–water partition coefficient (Wildman–Crippen LogP) is 3.76. The fourth-order valence-corrected chi connectivity index (χ4v) is 4.01. The second-order valence-corrected chi connectivity index (χ2v) is 8.35. The van der Waals surface area contributed by atoms with Gasteiger partial charge in [-0.3, -0.25) is 30.6 Å². The number of hydrogen-bond acceptors (Lipinski definition) is 8. The summed E-state index contributed by atoms with van der Waals surface area (Å²) in [6.45, 7) is 1.42. The Hall–Kier alpha value is -3.71. The number of carbonyl (C=O) groups is 2. The molecule has 0 saturated heterocycles. The fraction of sp³-hybridized carbons (Fsp3) is 0.524. The third kappa shape index (κ3) is 6.67. The molecule has 3 rings (SSSR count). The topological polar surface area (TPSA) is 152 Å². The number of aryl methyl sites for hydroxylation is 1. The maximum absolute atomic E-state index is 12.8. The number of rotatable bonds is 8. The molecular formula is C21H25F3N6O5. The summed E-state index contributed by atoms with van der Waals surface area (Å²) in [5.41, 5.74) is 1.44. The average Bonchev–Trinajstić information content (AvgIpc) is 3.15. The third-order valence-electron chi connectivity index (χ3n) is 5.69. The maximum atomic E-state index is 12.8. The summed E-state index contributed by atoms with van der Waals surface area (Å²) in [7, 11) is 0. The molecule has 1 aliphatic rings. The van der Waals surface area contributed by atoms with Gasteiger partial charge >= 0.3 is 6.18 Å². The number of nitro groups is 1. The number of nitrogens with zero attached hydrogens (tertiary/aromatic N) is 3. The SMILES string of the molecule is CC(=O)NC1(c2noc(CCC(=O)NNc3ccc(C(F)(F)F)cc3[N+](=O)[O-])n2)CCCCCC1. The first-order valence-electron chi connectivity index (χ1n) is 11.0. The molecule has 0 unspecified atom stereocenters. The zero-order valence-corrected chi connectivity index (χ0v) is 18.9.